The molecule has 0 radical (unpaired) electrons. The van der Waals surface area contributed by atoms with Gasteiger partial charge in [0.1, 0.15) is 0 Å². The average molecular weight is 302 g/mol. The smallest absolute Gasteiger partial charge is 0.359 e. The Balaban J connectivity index is 2.22. The molecule has 2 aromatic heterocycles. The van der Waals surface area contributed by atoms with Crippen LogP contribution in [0.2, 0.25) is 5.02 Å². The van der Waals surface area contributed by atoms with Crippen LogP contribution in [0.15, 0.2) is 42.6 Å². The van der Waals surface area contributed by atoms with Gasteiger partial charge in [-0.25, -0.2) is 14.5 Å². The highest BCUT2D eigenvalue weighted by Gasteiger charge is 2.19. The third-order valence-electron chi connectivity index (χ3n) is 2.96. The third-order valence-corrected chi connectivity index (χ3v) is 3.20. The van der Waals surface area contributed by atoms with E-state index >= 15 is 0 Å². The number of esters is 1. The molecule has 0 aliphatic carbocycles. The van der Waals surface area contributed by atoms with Crippen LogP contribution < -0.4 is 0 Å². The van der Waals surface area contributed by atoms with Gasteiger partial charge in [-0.05, 0) is 37.3 Å². The summed E-state index contributed by atoms with van der Waals surface area (Å²) in [6, 6.07) is 10.8. The van der Waals surface area contributed by atoms with E-state index in [1.165, 1.54) is 0 Å². The van der Waals surface area contributed by atoms with Crippen LogP contribution in [0.1, 0.15) is 17.4 Å². The van der Waals surface area contributed by atoms with E-state index in [2.05, 4.69) is 10.1 Å². The lowest BCUT2D eigenvalue weighted by Gasteiger charge is -2.02. The highest BCUT2D eigenvalue weighted by molar-refractivity contribution is 6.30. The maximum Gasteiger partial charge on any atom is 0.359 e. The Morgan fingerprint density at radius 3 is 2.95 bits per heavy atom. The number of benzene rings is 1. The van der Waals surface area contributed by atoms with Crippen LogP contribution in [-0.4, -0.2) is 27.3 Å². The lowest BCUT2D eigenvalue weighted by Crippen LogP contribution is -2.07. The van der Waals surface area contributed by atoms with Gasteiger partial charge in [0.2, 0.25) is 0 Å². The number of hydrogen-bond acceptors (Lipinski definition) is 4. The molecule has 3 rings (SSSR count). The summed E-state index contributed by atoms with van der Waals surface area (Å²) in [5.41, 5.74) is 1.57. The molecule has 21 heavy (non-hydrogen) atoms. The van der Waals surface area contributed by atoms with Crippen LogP contribution in [0.5, 0.6) is 0 Å². The van der Waals surface area contributed by atoms with Crippen molar-refractivity contribution in [3.63, 3.8) is 0 Å². The molecule has 0 unspecified atom stereocenters. The number of pyridine rings is 1. The first kappa shape index (κ1) is 13.6. The van der Waals surface area contributed by atoms with Crippen LogP contribution in [0.25, 0.3) is 16.7 Å². The van der Waals surface area contributed by atoms with Gasteiger partial charge in [-0.2, -0.15) is 5.10 Å². The molecule has 0 bridgehead atoms. The summed E-state index contributed by atoms with van der Waals surface area (Å²) in [5.74, 6) is -0.462. The van der Waals surface area contributed by atoms with Gasteiger partial charge >= 0.3 is 5.97 Å². The molecule has 106 valence electrons. The van der Waals surface area contributed by atoms with Crippen molar-refractivity contribution in [2.45, 2.75) is 6.92 Å². The second-order valence-electron chi connectivity index (χ2n) is 4.34. The Bertz CT molecular complexity index is 814. The van der Waals surface area contributed by atoms with Gasteiger partial charge in [0.25, 0.3) is 0 Å². The number of aromatic nitrogens is 3. The van der Waals surface area contributed by atoms with Gasteiger partial charge < -0.3 is 4.74 Å². The summed E-state index contributed by atoms with van der Waals surface area (Å²) < 4.78 is 6.63. The van der Waals surface area contributed by atoms with Crippen LogP contribution in [-0.2, 0) is 4.74 Å². The molecule has 0 aliphatic rings. The van der Waals surface area contributed by atoms with Crippen LogP contribution in [0, 0.1) is 0 Å². The Kier molecular flexibility index (Phi) is 3.58. The van der Waals surface area contributed by atoms with Crippen LogP contribution >= 0.6 is 11.6 Å². The minimum absolute atomic E-state index is 0.250. The zero-order valence-electron chi connectivity index (χ0n) is 11.3. The van der Waals surface area contributed by atoms with Crippen molar-refractivity contribution >= 4 is 28.6 Å². The van der Waals surface area contributed by atoms with E-state index in [-0.39, 0.29) is 5.69 Å². The number of ether oxygens (including phenoxy) is 1. The molecule has 1 aromatic carbocycles. The Morgan fingerprint density at radius 2 is 2.19 bits per heavy atom. The molecule has 3 aromatic rings. The normalized spacial score (nSPS) is 10.8. The number of nitrogens with zero attached hydrogens (tertiary/aromatic N) is 3. The molecule has 0 N–H and O–H groups in total. The monoisotopic (exact) mass is 301 g/mol. The zero-order valence-corrected chi connectivity index (χ0v) is 12.0. The van der Waals surface area contributed by atoms with E-state index in [4.69, 9.17) is 16.3 Å². The topological polar surface area (TPSA) is 57.0 Å². The predicted molar refractivity (Wildman–Crippen MR) is 79.8 cm³/mol. The lowest BCUT2D eigenvalue weighted by molar-refractivity contribution is 0.0521. The van der Waals surface area contributed by atoms with Gasteiger partial charge in [0.15, 0.2) is 11.3 Å². The highest BCUT2D eigenvalue weighted by Crippen LogP contribution is 2.22. The largest absolute Gasteiger partial charge is 0.461 e. The quantitative estimate of drug-likeness (QED) is 0.697. The fourth-order valence-electron chi connectivity index (χ4n) is 2.09. The standard InChI is InChI=1S/C15H12ClN3O2/c1-2-21-15(20)13-12-7-4-8-17-14(12)19(18-13)11-6-3-5-10(16)9-11/h3-9H,2H2,1H3. The fraction of sp³-hybridized carbons (Fsp3) is 0.133. The van der Waals surface area contributed by atoms with Crippen molar-refractivity contribution < 1.29 is 9.53 Å². The SMILES string of the molecule is CCOC(=O)c1nn(-c2cccc(Cl)c2)c2ncccc12. The third kappa shape index (κ3) is 2.48. The number of carbonyl (C=O) groups is 1. The second-order valence-corrected chi connectivity index (χ2v) is 4.77. The summed E-state index contributed by atoms with van der Waals surface area (Å²) in [7, 11) is 0. The van der Waals surface area contributed by atoms with Gasteiger partial charge in [0, 0.05) is 11.2 Å². The Morgan fingerprint density at radius 1 is 1.33 bits per heavy atom. The molecular formula is C15H12ClN3O2. The molecule has 2 heterocycles. The number of carbonyl (C=O) groups excluding carboxylic acids is 1. The van der Waals surface area contributed by atoms with Crippen LogP contribution in [0.4, 0.5) is 0 Å². The molecule has 6 heteroatoms. The second kappa shape index (κ2) is 5.54. The van der Waals surface area contributed by atoms with E-state index < -0.39 is 5.97 Å². The summed E-state index contributed by atoms with van der Waals surface area (Å²) in [6.07, 6.45) is 1.65. The zero-order chi connectivity index (χ0) is 14.8. The van der Waals surface area contributed by atoms with Crippen molar-refractivity contribution in [3.8, 4) is 5.69 Å². The van der Waals surface area contributed by atoms with Gasteiger partial charge in [-0.15, -0.1) is 0 Å². The van der Waals surface area contributed by atoms with E-state index in [0.29, 0.717) is 22.7 Å². The number of rotatable bonds is 3. The lowest BCUT2D eigenvalue weighted by atomic mass is 10.2. The van der Waals surface area contributed by atoms with E-state index in [9.17, 15) is 4.79 Å². The first-order chi connectivity index (χ1) is 10.2. The summed E-state index contributed by atoms with van der Waals surface area (Å²) in [6.45, 7) is 2.05. The van der Waals surface area contributed by atoms with E-state index in [1.54, 1.807) is 42.1 Å². The highest BCUT2D eigenvalue weighted by atomic mass is 35.5. The van der Waals surface area contributed by atoms with E-state index in [1.807, 2.05) is 12.1 Å². The summed E-state index contributed by atoms with van der Waals surface area (Å²) in [4.78, 5) is 16.3. The molecule has 0 spiro atoms. The summed E-state index contributed by atoms with van der Waals surface area (Å²) >= 11 is 6.01. The van der Waals surface area contributed by atoms with Gasteiger partial charge in [-0.1, -0.05) is 17.7 Å². The first-order valence-corrected chi connectivity index (χ1v) is 6.85. The Hall–Kier alpha value is -2.40. The molecule has 0 fully saturated rings. The number of fused-ring (bicyclic) bond motifs is 1. The first-order valence-electron chi connectivity index (χ1n) is 6.47. The number of halogens is 1. The van der Waals surface area contributed by atoms with Crippen molar-refractivity contribution in [1.82, 2.24) is 14.8 Å². The molecule has 0 aliphatic heterocycles. The van der Waals surface area contributed by atoms with E-state index in [0.717, 1.165) is 5.69 Å². The molecule has 0 saturated heterocycles. The summed E-state index contributed by atoms with van der Waals surface area (Å²) in [5, 5.41) is 5.58. The molecule has 0 saturated carbocycles. The average Bonchev–Trinajstić information content (AvgIpc) is 2.87. The minimum Gasteiger partial charge on any atom is -0.461 e. The van der Waals surface area contributed by atoms with Crippen molar-refractivity contribution in [2.75, 3.05) is 6.61 Å². The molecule has 5 nitrogen and oxygen atoms in total. The van der Waals surface area contributed by atoms with Crippen molar-refractivity contribution in [2.24, 2.45) is 0 Å². The maximum atomic E-state index is 12.0. The predicted octanol–water partition coefficient (Wildman–Crippen LogP) is 3.25. The molecular weight excluding hydrogens is 290 g/mol. The number of hydrogen-bond donors (Lipinski definition) is 0. The van der Waals surface area contributed by atoms with Gasteiger partial charge in [-0.3, -0.25) is 0 Å². The van der Waals surface area contributed by atoms with Gasteiger partial charge in [0.05, 0.1) is 17.7 Å². The van der Waals surface area contributed by atoms with Crippen molar-refractivity contribution in [1.29, 1.82) is 0 Å². The Labute approximate surface area is 126 Å². The molecule has 0 atom stereocenters. The fourth-order valence-corrected chi connectivity index (χ4v) is 2.27. The maximum absolute atomic E-state index is 12.0. The molecule has 0 amide bonds. The van der Waals surface area contributed by atoms with Crippen LogP contribution in [0.3, 0.4) is 0 Å². The minimum atomic E-state index is -0.462. The van der Waals surface area contributed by atoms with Crippen molar-refractivity contribution in [3.05, 3.63) is 53.3 Å².